The number of nitrogens with zero attached hydrogens (tertiary/aromatic N) is 1. The van der Waals surface area contributed by atoms with E-state index >= 15 is 0 Å². The van der Waals surface area contributed by atoms with Gasteiger partial charge in [-0.3, -0.25) is 4.79 Å². The van der Waals surface area contributed by atoms with Crippen molar-refractivity contribution < 1.29 is 18.3 Å². The summed E-state index contributed by atoms with van der Waals surface area (Å²) < 4.78 is 24.7. The Kier molecular flexibility index (Phi) is 4.23. The smallest absolute Gasteiger partial charge is 0.255 e. The molecule has 0 unspecified atom stereocenters. The number of hydrogen-bond acceptors (Lipinski definition) is 4. The van der Waals surface area contributed by atoms with Crippen LogP contribution in [-0.2, 0) is 10.0 Å². The number of sulfonamides is 1. The van der Waals surface area contributed by atoms with E-state index in [9.17, 15) is 18.3 Å². The average molecular weight is 334 g/mol. The Morgan fingerprint density at radius 1 is 1.22 bits per heavy atom. The third-order valence-electron chi connectivity index (χ3n) is 3.96. The van der Waals surface area contributed by atoms with E-state index < -0.39 is 15.9 Å². The minimum atomic E-state index is -3.15. The van der Waals surface area contributed by atoms with Crippen LogP contribution in [0.4, 0.5) is 0 Å². The molecule has 2 N–H and O–H groups in total. The van der Waals surface area contributed by atoms with Crippen LogP contribution in [0.1, 0.15) is 16.8 Å². The van der Waals surface area contributed by atoms with E-state index in [1.165, 1.54) is 4.31 Å². The molecule has 1 fully saturated rings. The Balaban J connectivity index is 1.68. The normalized spacial score (nSPS) is 17.4. The Bertz CT molecular complexity index is 848. The van der Waals surface area contributed by atoms with Gasteiger partial charge in [0.25, 0.3) is 5.91 Å². The lowest BCUT2D eigenvalue weighted by molar-refractivity contribution is 0.0949. The molecule has 1 saturated heterocycles. The first-order valence-electron chi connectivity index (χ1n) is 7.45. The minimum absolute atomic E-state index is 0.0880. The number of phenols is 1. The average Bonchev–Trinajstić information content (AvgIpc) is 2.85. The topological polar surface area (TPSA) is 86.7 Å². The van der Waals surface area contributed by atoms with Gasteiger partial charge in [-0.2, -0.15) is 0 Å². The summed E-state index contributed by atoms with van der Waals surface area (Å²) in [5.41, 5.74) is 0.188. The van der Waals surface area contributed by atoms with Crippen molar-refractivity contribution in [2.24, 2.45) is 0 Å². The Labute approximate surface area is 134 Å². The molecule has 1 amide bonds. The predicted molar refractivity (Wildman–Crippen MR) is 87.9 cm³/mol. The Morgan fingerprint density at radius 2 is 1.91 bits per heavy atom. The van der Waals surface area contributed by atoms with Crippen molar-refractivity contribution in [3.8, 4) is 5.75 Å². The van der Waals surface area contributed by atoms with Gasteiger partial charge in [0.2, 0.25) is 10.0 Å². The second-order valence-electron chi connectivity index (χ2n) is 5.54. The van der Waals surface area contributed by atoms with Crippen LogP contribution in [0.15, 0.2) is 36.4 Å². The van der Waals surface area contributed by atoms with Crippen LogP contribution in [0.25, 0.3) is 10.8 Å². The minimum Gasteiger partial charge on any atom is -0.507 e. The lowest BCUT2D eigenvalue weighted by Gasteiger charge is -2.14. The van der Waals surface area contributed by atoms with Crippen LogP contribution in [0.2, 0.25) is 0 Å². The van der Waals surface area contributed by atoms with Crippen molar-refractivity contribution in [3.05, 3.63) is 42.0 Å². The van der Waals surface area contributed by atoms with Crippen LogP contribution in [0.3, 0.4) is 0 Å². The molecule has 6 nitrogen and oxygen atoms in total. The highest BCUT2D eigenvalue weighted by Gasteiger charge is 2.27. The number of fused-ring (bicyclic) bond motifs is 1. The summed E-state index contributed by atoms with van der Waals surface area (Å²) in [7, 11) is -3.15. The Hall–Kier alpha value is -2.12. The number of carbonyl (C=O) groups excluding carboxylic acids is 1. The van der Waals surface area contributed by atoms with E-state index in [0.717, 1.165) is 10.8 Å². The zero-order valence-electron chi connectivity index (χ0n) is 12.5. The largest absolute Gasteiger partial charge is 0.507 e. The highest BCUT2D eigenvalue weighted by molar-refractivity contribution is 7.89. The number of hydrogen-bond donors (Lipinski definition) is 2. The number of nitrogens with one attached hydrogen (secondary N) is 1. The van der Waals surface area contributed by atoms with Gasteiger partial charge < -0.3 is 10.4 Å². The van der Waals surface area contributed by atoms with E-state index in [1.54, 1.807) is 12.1 Å². The summed E-state index contributed by atoms with van der Waals surface area (Å²) in [5, 5.41) is 14.4. The summed E-state index contributed by atoms with van der Waals surface area (Å²) in [6.45, 7) is 0.964. The van der Waals surface area contributed by atoms with Crippen molar-refractivity contribution in [3.63, 3.8) is 0 Å². The zero-order chi connectivity index (χ0) is 16.4. The van der Waals surface area contributed by atoms with Crippen LogP contribution >= 0.6 is 0 Å². The van der Waals surface area contributed by atoms with E-state index in [0.29, 0.717) is 13.0 Å². The number of aromatic hydroxyl groups is 1. The maximum atomic E-state index is 12.2. The number of carbonyl (C=O) groups is 1. The van der Waals surface area contributed by atoms with Gasteiger partial charge in [0.1, 0.15) is 5.75 Å². The maximum Gasteiger partial charge on any atom is 0.255 e. The quantitative estimate of drug-likeness (QED) is 0.883. The first-order chi connectivity index (χ1) is 11.0. The standard InChI is InChI=1S/C16H18N2O4S/c19-15-11-13-5-2-1-4-12(13)10-14(15)16(20)17-6-8-18-7-3-9-23(18,21)22/h1-2,4-5,10-11,19H,3,6-9H2,(H,17,20). The summed E-state index contributed by atoms with van der Waals surface area (Å²) >= 11 is 0. The molecular formula is C16H18N2O4S. The van der Waals surface area contributed by atoms with Crippen LogP contribution in [0.5, 0.6) is 5.75 Å². The van der Waals surface area contributed by atoms with Gasteiger partial charge >= 0.3 is 0 Å². The molecule has 0 radical (unpaired) electrons. The van der Waals surface area contributed by atoms with Gasteiger partial charge in [-0.25, -0.2) is 12.7 Å². The van der Waals surface area contributed by atoms with Gasteiger partial charge in [0.05, 0.1) is 11.3 Å². The van der Waals surface area contributed by atoms with Gasteiger partial charge in [0.15, 0.2) is 0 Å². The molecule has 23 heavy (non-hydrogen) atoms. The van der Waals surface area contributed by atoms with Crippen molar-refractivity contribution in [2.75, 3.05) is 25.4 Å². The summed E-state index contributed by atoms with van der Waals surface area (Å²) in [6, 6.07) is 10.6. The fourth-order valence-corrected chi connectivity index (χ4v) is 4.27. The molecular weight excluding hydrogens is 316 g/mol. The van der Waals surface area contributed by atoms with E-state index in [-0.39, 0.29) is 30.2 Å². The Morgan fingerprint density at radius 3 is 2.57 bits per heavy atom. The molecule has 1 aliphatic rings. The van der Waals surface area contributed by atoms with E-state index in [4.69, 9.17) is 0 Å². The van der Waals surface area contributed by atoms with E-state index in [2.05, 4.69) is 5.32 Å². The molecule has 0 bridgehead atoms. The summed E-state index contributed by atoms with van der Waals surface area (Å²) in [4.78, 5) is 12.2. The number of amides is 1. The molecule has 122 valence electrons. The first-order valence-corrected chi connectivity index (χ1v) is 9.06. The second kappa shape index (κ2) is 6.17. The maximum absolute atomic E-state index is 12.2. The lowest BCUT2D eigenvalue weighted by atomic mass is 10.1. The second-order valence-corrected chi connectivity index (χ2v) is 7.63. The first kappa shape index (κ1) is 15.8. The molecule has 1 heterocycles. The van der Waals surface area contributed by atoms with Gasteiger partial charge in [-0.1, -0.05) is 24.3 Å². The fourth-order valence-electron chi connectivity index (χ4n) is 2.74. The zero-order valence-corrected chi connectivity index (χ0v) is 13.3. The fraction of sp³-hybridized carbons (Fsp3) is 0.312. The van der Waals surface area contributed by atoms with Crippen molar-refractivity contribution in [1.82, 2.24) is 9.62 Å². The lowest BCUT2D eigenvalue weighted by Crippen LogP contribution is -2.35. The van der Waals surface area contributed by atoms with Gasteiger partial charge in [0, 0.05) is 19.6 Å². The molecule has 0 aromatic heterocycles. The third kappa shape index (κ3) is 3.30. The van der Waals surface area contributed by atoms with Gasteiger partial charge in [-0.05, 0) is 29.3 Å². The van der Waals surface area contributed by atoms with Gasteiger partial charge in [-0.15, -0.1) is 0 Å². The van der Waals surface area contributed by atoms with Crippen molar-refractivity contribution in [2.45, 2.75) is 6.42 Å². The van der Waals surface area contributed by atoms with E-state index in [1.807, 2.05) is 24.3 Å². The van der Waals surface area contributed by atoms with Crippen molar-refractivity contribution >= 4 is 26.7 Å². The van der Waals surface area contributed by atoms with Crippen LogP contribution in [0, 0.1) is 0 Å². The van der Waals surface area contributed by atoms with Crippen molar-refractivity contribution in [1.29, 1.82) is 0 Å². The number of phenolic OH excluding ortho intramolecular Hbond substituents is 1. The SMILES string of the molecule is O=C(NCCN1CCCS1(=O)=O)c1cc2ccccc2cc1O. The summed E-state index contributed by atoms with van der Waals surface area (Å²) in [6.07, 6.45) is 0.627. The number of rotatable bonds is 4. The summed E-state index contributed by atoms with van der Waals surface area (Å²) in [5.74, 6) is -0.327. The third-order valence-corrected chi connectivity index (χ3v) is 5.92. The molecule has 7 heteroatoms. The highest BCUT2D eigenvalue weighted by Crippen LogP contribution is 2.24. The van der Waals surface area contributed by atoms with Crippen LogP contribution < -0.4 is 5.32 Å². The molecule has 0 aliphatic carbocycles. The molecule has 0 atom stereocenters. The predicted octanol–water partition coefficient (Wildman–Crippen LogP) is 1.31. The molecule has 0 saturated carbocycles. The highest BCUT2D eigenvalue weighted by atomic mass is 32.2. The molecule has 2 aromatic rings. The molecule has 1 aliphatic heterocycles. The number of benzene rings is 2. The monoisotopic (exact) mass is 334 g/mol. The molecule has 0 spiro atoms. The molecule has 2 aromatic carbocycles. The van der Waals surface area contributed by atoms with Crippen LogP contribution in [-0.4, -0.2) is 49.1 Å². The molecule has 3 rings (SSSR count).